The van der Waals surface area contributed by atoms with Gasteiger partial charge in [-0.3, -0.25) is 10.1 Å². The maximum Gasteiger partial charge on any atom is 0.238 e. The van der Waals surface area contributed by atoms with Crippen LogP contribution in [0.15, 0.2) is 0 Å². The van der Waals surface area contributed by atoms with Crippen molar-refractivity contribution < 1.29 is 4.79 Å². The van der Waals surface area contributed by atoms with Crippen molar-refractivity contribution in [2.75, 3.05) is 6.54 Å². The molecule has 0 aromatic heterocycles. The molecule has 2 aliphatic rings. The maximum atomic E-state index is 11.6. The van der Waals surface area contributed by atoms with Crippen molar-refractivity contribution >= 4 is 5.91 Å². The summed E-state index contributed by atoms with van der Waals surface area (Å²) in [5, 5.41) is 3.19. The highest BCUT2D eigenvalue weighted by molar-refractivity contribution is 5.81. The van der Waals surface area contributed by atoms with Crippen LogP contribution >= 0.6 is 0 Å². The zero-order chi connectivity index (χ0) is 9.42. The van der Waals surface area contributed by atoms with Gasteiger partial charge < -0.3 is 4.90 Å². The molecule has 1 heterocycles. The van der Waals surface area contributed by atoms with Gasteiger partial charge in [0.25, 0.3) is 0 Å². The van der Waals surface area contributed by atoms with Crippen molar-refractivity contribution in [1.82, 2.24) is 10.2 Å². The van der Waals surface area contributed by atoms with Crippen molar-refractivity contribution in [3.05, 3.63) is 0 Å². The summed E-state index contributed by atoms with van der Waals surface area (Å²) < 4.78 is 0. The Morgan fingerprint density at radius 2 is 2.31 bits per heavy atom. The first-order valence-electron chi connectivity index (χ1n) is 5.28. The molecule has 1 amide bonds. The molecule has 1 saturated heterocycles. The molecule has 0 aromatic carbocycles. The minimum absolute atomic E-state index is 0.248. The van der Waals surface area contributed by atoms with Gasteiger partial charge in [0.15, 0.2) is 0 Å². The van der Waals surface area contributed by atoms with Crippen LogP contribution in [0.1, 0.15) is 33.1 Å². The molecular weight excluding hydrogens is 164 g/mol. The molecule has 0 spiro atoms. The maximum absolute atomic E-state index is 11.6. The smallest absolute Gasteiger partial charge is 0.238 e. The number of hydrogen-bond donors (Lipinski definition) is 1. The summed E-state index contributed by atoms with van der Waals surface area (Å²) in [4.78, 5) is 13.6. The molecule has 1 aliphatic heterocycles. The van der Waals surface area contributed by atoms with E-state index in [1.807, 2.05) is 0 Å². The summed E-state index contributed by atoms with van der Waals surface area (Å²) in [6, 6.07) is 0.498. The van der Waals surface area contributed by atoms with Gasteiger partial charge in [0.05, 0.1) is 12.7 Å². The average Bonchev–Trinajstić information content (AvgIpc) is 2.88. The van der Waals surface area contributed by atoms with Crippen LogP contribution in [0.25, 0.3) is 0 Å². The lowest BCUT2D eigenvalue weighted by molar-refractivity contribution is -0.130. The summed E-state index contributed by atoms with van der Waals surface area (Å²) in [6.07, 6.45) is 3.98. The molecule has 3 heteroatoms. The molecule has 2 rings (SSSR count). The number of rotatable bonds is 3. The minimum Gasteiger partial charge on any atom is -0.323 e. The topological polar surface area (TPSA) is 32.3 Å². The summed E-state index contributed by atoms with van der Waals surface area (Å²) in [5.41, 5.74) is 0. The summed E-state index contributed by atoms with van der Waals surface area (Å²) in [6.45, 7) is 4.79. The van der Waals surface area contributed by atoms with E-state index in [1.165, 1.54) is 12.8 Å². The van der Waals surface area contributed by atoms with Crippen LogP contribution in [0, 0.1) is 5.92 Å². The third-order valence-corrected chi connectivity index (χ3v) is 3.20. The standard InChI is InChI=1S/C10H18N2O/c1-3-9(8-4-5-8)12-7(2)11-6-10(12)13/h7-9,11H,3-6H2,1-2H3. The molecule has 0 aromatic rings. The molecule has 3 nitrogen and oxygen atoms in total. The average molecular weight is 182 g/mol. The number of nitrogens with one attached hydrogen (secondary N) is 1. The van der Waals surface area contributed by atoms with Crippen LogP contribution in [0.5, 0.6) is 0 Å². The van der Waals surface area contributed by atoms with Crippen LogP contribution in [0.2, 0.25) is 0 Å². The van der Waals surface area contributed by atoms with E-state index in [9.17, 15) is 4.79 Å². The lowest BCUT2D eigenvalue weighted by Gasteiger charge is -2.30. The fraction of sp³-hybridized carbons (Fsp3) is 0.900. The number of carbonyl (C=O) groups is 1. The Morgan fingerprint density at radius 1 is 1.62 bits per heavy atom. The van der Waals surface area contributed by atoms with Gasteiger partial charge in [-0.2, -0.15) is 0 Å². The second-order valence-corrected chi connectivity index (χ2v) is 4.17. The van der Waals surface area contributed by atoms with Crippen molar-refractivity contribution in [3.63, 3.8) is 0 Å². The predicted molar refractivity (Wildman–Crippen MR) is 51.1 cm³/mol. The normalized spacial score (nSPS) is 31.1. The highest BCUT2D eigenvalue weighted by Gasteiger charge is 2.40. The monoisotopic (exact) mass is 182 g/mol. The highest BCUT2D eigenvalue weighted by Crippen LogP contribution is 2.37. The van der Waals surface area contributed by atoms with E-state index in [4.69, 9.17) is 0 Å². The Hall–Kier alpha value is -0.570. The molecule has 13 heavy (non-hydrogen) atoms. The van der Waals surface area contributed by atoms with Gasteiger partial charge in [-0.15, -0.1) is 0 Å². The Labute approximate surface area is 79.5 Å². The van der Waals surface area contributed by atoms with Crippen LogP contribution in [0.4, 0.5) is 0 Å². The van der Waals surface area contributed by atoms with Gasteiger partial charge in [-0.25, -0.2) is 0 Å². The summed E-state index contributed by atoms with van der Waals surface area (Å²) >= 11 is 0. The van der Waals surface area contributed by atoms with Crippen molar-refractivity contribution in [2.24, 2.45) is 5.92 Å². The Balaban J connectivity index is 2.06. The zero-order valence-corrected chi connectivity index (χ0v) is 8.42. The molecule has 74 valence electrons. The van der Waals surface area contributed by atoms with Crippen molar-refractivity contribution in [1.29, 1.82) is 0 Å². The predicted octanol–water partition coefficient (Wildman–Crippen LogP) is 0.953. The third kappa shape index (κ3) is 1.57. The Morgan fingerprint density at radius 3 is 2.69 bits per heavy atom. The fourth-order valence-electron chi connectivity index (χ4n) is 2.35. The quantitative estimate of drug-likeness (QED) is 0.705. The van der Waals surface area contributed by atoms with E-state index in [-0.39, 0.29) is 12.1 Å². The van der Waals surface area contributed by atoms with Crippen LogP contribution in [-0.4, -0.2) is 29.6 Å². The number of amides is 1. The Kier molecular flexibility index (Phi) is 2.28. The van der Waals surface area contributed by atoms with Crippen LogP contribution in [0.3, 0.4) is 0 Å². The second-order valence-electron chi connectivity index (χ2n) is 4.17. The van der Waals surface area contributed by atoms with Crippen LogP contribution < -0.4 is 5.32 Å². The van der Waals surface area contributed by atoms with E-state index >= 15 is 0 Å². The molecule has 1 aliphatic carbocycles. The van der Waals surface area contributed by atoms with E-state index < -0.39 is 0 Å². The fourth-order valence-corrected chi connectivity index (χ4v) is 2.35. The van der Waals surface area contributed by atoms with Crippen molar-refractivity contribution in [2.45, 2.75) is 45.3 Å². The van der Waals surface area contributed by atoms with Gasteiger partial charge in [-0.05, 0) is 32.1 Å². The molecule has 2 fully saturated rings. The second kappa shape index (κ2) is 3.29. The molecular formula is C10H18N2O. The van der Waals surface area contributed by atoms with Gasteiger partial charge in [0.1, 0.15) is 0 Å². The first-order valence-corrected chi connectivity index (χ1v) is 5.28. The number of carbonyl (C=O) groups excluding carboxylic acids is 1. The van der Waals surface area contributed by atoms with Crippen molar-refractivity contribution in [3.8, 4) is 0 Å². The SMILES string of the molecule is CCC(C1CC1)N1C(=O)CNC1C. The number of nitrogens with zero attached hydrogens (tertiary/aromatic N) is 1. The molecule has 1 saturated carbocycles. The van der Waals surface area contributed by atoms with Gasteiger partial charge >= 0.3 is 0 Å². The molecule has 1 N–H and O–H groups in total. The van der Waals surface area contributed by atoms with Gasteiger partial charge in [-0.1, -0.05) is 6.92 Å². The first-order chi connectivity index (χ1) is 6.24. The van der Waals surface area contributed by atoms with Gasteiger partial charge in [0, 0.05) is 6.04 Å². The lowest BCUT2D eigenvalue weighted by atomic mass is 10.1. The van der Waals surface area contributed by atoms with E-state index in [2.05, 4.69) is 24.1 Å². The summed E-state index contributed by atoms with van der Waals surface area (Å²) in [5.74, 6) is 1.07. The minimum atomic E-state index is 0.248. The largest absolute Gasteiger partial charge is 0.323 e. The molecule has 2 atom stereocenters. The third-order valence-electron chi connectivity index (χ3n) is 3.20. The zero-order valence-electron chi connectivity index (χ0n) is 8.42. The van der Waals surface area contributed by atoms with Gasteiger partial charge in [0.2, 0.25) is 5.91 Å². The van der Waals surface area contributed by atoms with E-state index in [0.29, 0.717) is 12.6 Å². The summed E-state index contributed by atoms with van der Waals surface area (Å²) in [7, 11) is 0. The molecule has 0 bridgehead atoms. The van der Waals surface area contributed by atoms with E-state index in [0.717, 1.165) is 12.3 Å². The number of hydrogen-bond acceptors (Lipinski definition) is 2. The molecule has 0 radical (unpaired) electrons. The lowest BCUT2D eigenvalue weighted by Crippen LogP contribution is -2.43. The van der Waals surface area contributed by atoms with Crippen LogP contribution in [-0.2, 0) is 4.79 Å². The first kappa shape index (κ1) is 9.00. The van der Waals surface area contributed by atoms with E-state index in [1.54, 1.807) is 0 Å². The Bertz CT molecular complexity index is 213. The highest BCUT2D eigenvalue weighted by atomic mass is 16.2. The molecule has 2 unspecified atom stereocenters.